The van der Waals surface area contributed by atoms with Gasteiger partial charge in [0, 0.05) is 22.5 Å². The predicted octanol–water partition coefficient (Wildman–Crippen LogP) is 2.58. The first-order valence-electron chi connectivity index (χ1n) is 6.49. The minimum absolute atomic E-state index is 0. The molecule has 1 aromatic carbocycles. The zero-order valence-corrected chi connectivity index (χ0v) is 12.5. The molecular formula is C14H17Cl2N3O. The second kappa shape index (κ2) is 6.48. The first-order chi connectivity index (χ1) is 9.22. The number of H-pyrrole nitrogens is 1. The molecule has 2 heterocycles. The average molecular weight is 314 g/mol. The van der Waals surface area contributed by atoms with Gasteiger partial charge in [-0.15, -0.1) is 12.4 Å². The van der Waals surface area contributed by atoms with E-state index in [9.17, 15) is 4.79 Å². The maximum absolute atomic E-state index is 12.1. The van der Waals surface area contributed by atoms with Crippen LogP contribution in [0.15, 0.2) is 24.3 Å². The van der Waals surface area contributed by atoms with Crippen LogP contribution in [0.5, 0.6) is 0 Å². The van der Waals surface area contributed by atoms with E-state index in [1.165, 1.54) is 0 Å². The zero-order chi connectivity index (χ0) is 13.2. The van der Waals surface area contributed by atoms with Gasteiger partial charge in [-0.25, -0.2) is 0 Å². The summed E-state index contributed by atoms with van der Waals surface area (Å²) >= 11 is 5.93. The van der Waals surface area contributed by atoms with Gasteiger partial charge in [0.25, 0.3) is 5.91 Å². The molecule has 3 rings (SSSR count). The number of hydrogen-bond donors (Lipinski definition) is 3. The Morgan fingerprint density at radius 3 is 3.00 bits per heavy atom. The molecule has 1 aromatic heterocycles. The summed E-state index contributed by atoms with van der Waals surface area (Å²) in [5, 5.41) is 7.90. The van der Waals surface area contributed by atoms with Crippen LogP contribution in [-0.2, 0) is 0 Å². The molecule has 108 valence electrons. The summed E-state index contributed by atoms with van der Waals surface area (Å²) in [5.41, 5.74) is 1.51. The lowest BCUT2D eigenvalue weighted by molar-refractivity contribution is 0.0944. The van der Waals surface area contributed by atoms with Gasteiger partial charge < -0.3 is 15.6 Å². The quantitative estimate of drug-likeness (QED) is 0.815. The van der Waals surface area contributed by atoms with E-state index < -0.39 is 0 Å². The van der Waals surface area contributed by atoms with Crippen molar-refractivity contribution >= 4 is 40.8 Å². The van der Waals surface area contributed by atoms with Crippen LogP contribution in [0.4, 0.5) is 0 Å². The topological polar surface area (TPSA) is 56.9 Å². The van der Waals surface area contributed by atoms with E-state index >= 15 is 0 Å². The number of carbonyl (C=O) groups excluding carboxylic acids is 1. The summed E-state index contributed by atoms with van der Waals surface area (Å²) in [4.78, 5) is 15.2. The van der Waals surface area contributed by atoms with E-state index in [1.807, 2.05) is 24.3 Å². The van der Waals surface area contributed by atoms with Crippen molar-refractivity contribution in [3.05, 3.63) is 35.0 Å². The fraction of sp³-hybridized carbons (Fsp3) is 0.357. The molecule has 1 unspecified atom stereocenters. The third-order valence-electron chi connectivity index (χ3n) is 3.54. The number of halogens is 2. The van der Waals surface area contributed by atoms with E-state index in [1.54, 1.807) is 0 Å². The van der Waals surface area contributed by atoms with Crippen LogP contribution in [0.3, 0.4) is 0 Å². The molecule has 1 aliphatic rings. The van der Waals surface area contributed by atoms with Crippen molar-refractivity contribution in [2.24, 2.45) is 5.92 Å². The monoisotopic (exact) mass is 313 g/mol. The fourth-order valence-electron chi connectivity index (χ4n) is 2.45. The van der Waals surface area contributed by atoms with Crippen LogP contribution in [0, 0.1) is 5.92 Å². The van der Waals surface area contributed by atoms with Crippen molar-refractivity contribution in [2.75, 3.05) is 19.6 Å². The van der Waals surface area contributed by atoms with Gasteiger partial charge in [0.2, 0.25) is 0 Å². The Morgan fingerprint density at radius 2 is 2.25 bits per heavy atom. The Kier molecular flexibility index (Phi) is 4.91. The highest BCUT2D eigenvalue weighted by atomic mass is 35.5. The Morgan fingerprint density at radius 1 is 1.40 bits per heavy atom. The number of carbonyl (C=O) groups is 1. The van der Waals surface area contributed by atoms with Crippen molar-refractivity contribution in [1.29, 1.82) is 0 Å². The lowest BCUT2D eigenvalue weighted by atomic mass is 10.1. The van der Waals surface area contributed by atoms with Crippen molar-refractivity contribution in [3.63, 3.8) is 0 Å². The Bertz CT molecular complexity index is 605. The maximum atomic E-state index is 12.1. The smallest absolute Gasteiger partial charge is 0.267 e. The van der Waals surface area contributed by atoms with Crippen molar-refractivity contribution in [1.82, 2.24) is 15.6 Å². The Labute approximate surface area is 128 Å². The largest absolute Gasteiger partial charge is 0.351 e. The number of aromatic nitrogens is 1. The third-order valence-corrected chi connectivity index (χ3v) is 3.78. The maximum Gasteiger partial charge on any atom is 0.267 e. The van der Waals surface area contributed by atoms with Crippen LogP contribution in [0.1, 0.15) is 16.9 Å². The molecule has 1 amide bonds. The molecular weight excluding hydrogens is 297 g/mol. The van der Waals surface area contributed by atoms with Crippen LogP contribution >= 0.6 is 24.0 Å². The fourth-order valence-corrected chi connectivity index (χ4v) is 2.63. The van der Waals surface area contributed by atoms with Crippen LogP contribution in [-0.4, -0.2) is 30.5 Å². The molecule has 0 bridgehead atoms. The lowest BCUT2D eigenvalue weighted by Gasteiger charge is -2.08. The molecule has 1 fully saturated rings. The number of nitrogens with one attached hydrogen (secondary N) is 3. The molecule has 3 N–H and O–H groups in total. The average Bonchev–Trinajstić information content (AvgIpc) is 3.04. The number of rotatable bonds is 3. The summed E-state index contributed by atoms with van der Waals surface area (Å²) in [6, 6.07) is 7.39. The van der Waals surface area contributed by atoms with E-state index in [2.05, 4.69) is 15.6 Å². The number of fused-ring (bicyclic) bond motifs is 1. The van der Waals surface area contributed by atoms with Gasteiger partial charge in [0.1, 0.15) is 5.69 Å². The normalized spacial score (nSPS) is 17.9. The van der Waals surface area contributed by atoms with Gasteiger partial charge in [0.15, 0.2) is 0 Å². The molecule has 1 saturated heterocycles. The van der Waals surface area contributed by atoms with E-state index in [0.717, 1.165) is 37.0 Å². The van der Waals surface area contributed by atoms with E-state index in [0.29, 0.717) is 16.6 Å². The molecule has 20 heavy (non-hydrogen) atoms. The summed E-state index contributed by atoms with van der Waals surface area (Å²) in [7, 11) is 0. The Hall–Kier alpha value is -1.23. The molecule has 4 nitrogen and oxygen atoms in total. The molecule has 0 radical (unpaired) electrons. The van der Waals surface area contributed by atoms with E-state index in [-0.39, 0.29) is 18.3 Å². The first kappa shape index (κ1) is 15.2. The number of hydrogen-bond acceptors (Lipinski definition) is 2. The van der Waals surface area contributed by atoms with Crippen LogP contribution in [0.2, 0.25) is 5.02 Å². The molecule has 2 aromatic rings. The highest BCUT2D eigenvalue weighted by Gasteiger charge is 2.16. The van der Waals surface area contributed by atoms with Crippen molar-refractivity contribution < 1.29 is 4.79 Å². The summed E-state index contributed by atoms with van der Waals surface area (Å²) < 4.78 is 0. The van der Waals surface area contributed by atoms with Crippen molar-refractivity contribution in [3.8, 4) is 0 Å². The summed E-state index contributed by atoms with van der Waals surface area (Å²) in [6.07, 6.45) is 1.13. The number of benzene rings is 1. The highest BCUT2D eigenvalue weighted by Crippen LogP contribution is 2.20. The molecule has 6 heteroatoms. The summed E-state index contributed by atoms with van der Waals surface area (Å²) in [6.45, 7) is 2.76. The summed E-state index contributed by atoms with van der Waals surface area (Å²) in [5.74, 6) is 0.488. The molecule has 1 atom stereocenters. The number of aromatic amines is 1. The van der Waals surface area contributed by atoms with Gasteiger partial charge in [-0.1, -0.05) is 11.6 Å². The SMILES string of the molecule is Cl.O=C(NCC1CCNC1)c1cc2cc(Cl)ccc2[nH]1. The van der Waals surface area contributed by atoms with Crippen molar-refractivity contribution in [2.45, 2.75) is 6.42 Å². The zero-order valence-electron chi connectivity index (χ0n) is 10.9. The Balaban J connectivity index is 0.00000147. The van der Waals surface area contributed by atoms with Gasteiger partial charge in [-0.3, -0.25) is 4.79 Å². The van der Waals surface area contributed by atoms with Gasteiger partial charge >= 0.3 is 0 Å². The molecule has 0 spiro atoms. The first-order valence-corrected chi connectivity index (χ1v) is 6.87. The van der Waals surface area contributed by atoms with Gasteiger partial charge in [0.05, 0.1) is 0 Å². The second-order valence-corrected chi connectivity index (χ2v) is 5.42. The van der Waals surface area contributed by atoms with Gasteiger partial charge in [-0.2, -0.15) is 0 Å². The van der Waals surface area contributed by atoms with Gasteiger partial charge in [-0.05, 0) is 49.7 Å². The molecule has 1 aliphatic heterocycles. The number of amides is 1. The highest BCUT2D eigenvalue weighted by molar-refractivity contribution is 6.31. The third kappa shape index (κ3) is 3.26. The van der Waals surface area contributed by atoms with E-state index in [4.69, 9.17) is 11.6 Å². The molecule has 0 aliphatic carbocycles. The molecule has 0 saturated carbocycles. The minimum atomic E-state index is -0.0563. The minimum Gasteiger partial charge on any atom is -0.351 e. The predicted molar refractivity (Wildman–Crippen MR) is 83.9 cm³/mol. The lowest BCUT2D eigenvalue weighted by Crippen LogP contribution is -2.30. The van der Waals surface area contributed by atoms with Crippen LogP contribution in [0.25, 0.3) is 10.9 Å². The standard InChI is InChI=1S/C14H16ClN3O.ClH/c15-11-1-2-12-10(5-11)6-13(18-12)14(19)17-8-9-3-4-16-7-9;/h1-2,5-6,9,16,18H,3-4,7-8H2,(H,17,19);1H. The van der Waals surface area contributed by atoms with Crippen LogP contribution < -0.4 is 10.6 Å². The second-order valence-electron chi connectivity index (χ2n) is 4.98.